The zero-order valence-electron chi connectivity index (χ0n) is 11.0. The zero-order valence-corrected chi connectivity index (χ0v) is 11.0. The molecule has 0 aromatic carbocycles. The SMILES string of the molecule is CCC(C)C(O)CNC(=O)c1cc(OC)ccn1. The van der Waals surface area contributed by atoms with Crippen LogP contribution in [0.4, 0.5) is 0 Å². The normalized spacial score (nSPS) is 13.8. The molecule has 0 fully saturated rings. The van der Waals surface area contributed by atoms with Crippen molar-refractivity contribution in [2.75, 3.05) is 13.7 Å². The molecular weight excluding hydrogens is 232 g/mol. The molecule has 0 aliphatic rings. The molecule has 0 aliphatic carbocycles. The van der Waals surface area contributed by atoms with Gasteiger partial charge in [0.1, 0.15) is 11.4 Å². The lowest BCUT2D eigenvalue weighted by Gasteiger charge is -2.17. The average Bonchev–Trinajstić information content (AvgIpc) is 2.43. The average molecular weight is 252 g/mol. The maximum Gasteiger partial charge on any atom is 0.270 e. The van der Waals surface area contributed by atoms with Crippen LogP contribution >= 0.6 is 0 Å². The van der Waals surface area contributed by atoms with Gasteiger partial charge < -0.3 is 15.2 Å². The lowest BCUT2D eigenvalue weighted by Crippen LogP contribution is -2.35. The molecule has 100 valence electrons. The van der Waals surface area contributed by atoms with Gasteiger partial charge in [0.2, 0.25) is 0 Å². The molecule has 5 nitrogen and oxygen atoms in total. The summed E-state index contributed by atoms with van der Waals surface area (Å²) < 4.78 is 5.02. The Balaban J connectivity index is 2.54. The molecule has 0 radical (unpaired) electrons. The molecular formula is C13H20N2O3. The largest absolute Gasteiger partial charge is 0.497 e. The number of hydrogen-bond acceptors (Lipinski definition) is 4. The van der Waals surface area contributed by atoms with Crippen molar-refractivity contribution in [3.63, 3.8) is 0 Å². The minimum absolute atomic E-state index is 0.156. The number of aliphatic hydroxyl groups excluding tert-OH is 1. The maximum absolute atomic E-state index is 11.8. The molecule has 0 saturated carbocycles. The number of pyridine rings is 1. The lowest BCUT2D eigenvalue weighted by molar-refractivity contribution is 0.0845. The number of methoxy groups -OCH3 is 1. The number of carbonyl (C=O) groups excluding carboxylic acids is 1. The predicted molar refractivity (Wildman–Crippen MR) is 68.6 cm³/mol. The van der Waals surface area contributed by atoms with Gasteiger partial charge in [0, 0.05) is 18.8 Å². The van der Waals surface area contributed by atoms with Crippen LogP contribution in [0.5, 0.6) is 5.75 Å². The first-order valence-electron chi connectivity index (χ1n) is 6.04. The molecule has 1 aromatic heterocycles. The van der Waals surface area contributed by atoms with E-state index in [4.69, 9.17) is 4.74 Å². The molecule has 0 spiro atoms. The Bertz CT molecular complexity index is 396. The Morgan fingerprint density at radius 3 is 2.94 bits per heavy atom. The molecule has 2 N–H and O–H groups in total. The van der Waals surface area contributed by atoms with Gasteiger partial charge in [-0.3, -0.25) is 9.78 Å². The van der Waals surface area contributed by atoms with Gasteiger partial charge in [-0.15, -0.1) is 0 Å². The van der Waals surface area contributed by atoms with Gasteiger partial charge in [0.15, 0.2) is 0 Å². The second-order valence-corrected chi connectivity index (χ2v) is 4.24. The monoisotopic (exact) mass is 252 g/mol. The molecule has 18 heavy (non-hydrogen) atoms. The summed E-state index contributed by atoms with van der Waals surface area (Å²) in [6, 6.07) is 3.23. The number of aliphatic hydroxyl groups is 1. The molecule has 0 saturated heterocycles. The molecule has 1 aromatic rings. The third kappa shape index (κ3) is 4.00. The van der Waals surface area contributed by atoms with Crippen molar-refractivity contribution in [2.45, 2.75) is 26.4 Å². The van der Waals surface area contributed by atoms with Crippen molar-refractivity contribution < 1.29 is 14.6 Å². The van der Waals surface area contributed by atoms with Crippen LogP contribution in [0, 0.1) is 5.92 Å². The number of nitrogens with zero attached hydrogens (tertiary/aromatic N) is 1. The molecule has 0 bridgehead atoms. The summed E-state index contributed by atoms with van der Waals surface area (Å²) in [6.07, 6.45) is 1.84. The van der Waals surface area contributed by atoms with E-state index in [0.717, 1.165) is 6.42 Å². The van der Waals surface area contributed by atoms with Crippen LogP contribution in [-0.4, -0.2) is 35.8 Å². The minimum Gasteiger partial charge on any atom is -0.497 e. The smallest absolute Gasteiger partial charge is 0.270 e. The highest BCUT2D eigenvalue weighted by Crippen LogP contribution is 2.10. The van der Waals surface area contributed by atoms with Crippen molar-refractivity contribution in [1.29, 1.82) is 0 Å². The fourth-order valence-electron chi connectivity index (χ4n) is 1.42. The minimum atomic E-state index is -0.537. The number of amides is 1. The van der Waals surface area contributed by atoms with Crippen molar-refractivity contribution in [1.82, 2.24) is 10.3 Å². The summed E-state index contributed by atoms with van der Waals surface area (Å²) in [7, 11) is 1.53. The van der Waals surface area contributed by atoms with Gasteiger partial charge in [-0.25, -0.2) is 0 Å². The van der Waals surface area contributed by atoms with E-state index in [1.807, 2.05) is 13.8 Å². The predicted octanol–water partition coefficient (Wildman–Crippen LogP) is 1.23. The first-order valence-corrected chi connectivity index (χ1v) is 6.04. The fourth-order valence-corrected chi connectivity index (χ4v) is 1.42. The van der Waals surface area contributed by atoms with Crippen molar-refractivity contribution >= 4 is 5.91 Å². The van der Waals surface area contributed by atoms with Crippen LogP contribution in [0.15, 0.2) is 18.3 Å². The van der Waals surface area contributed by atoms with Crippen LogP contribution in [0.3, 0.4) is 0 Å². The number of ether oxygens (including phenoxy) is 1. The van der Waals surface area contributed by atoms with E-state index in [1.54, 1.807) is 12.1 Å². The van der Waals surface area contributed by atoms with E-state index in [0.29, 0.717) is 5.75 Å². The van der Waals surface area contributed by atoms with E-state index >= 15 is 0 Å². The Hall–Kier alpha value is -1.62. The van der Waals surface area contributed by atoms with Crippen LogP contribution in [0.2, 0.25) is 0 Å². The Morgan fingerprint density at radius 1 is 1.61 bits per heavy atom. The van der Waals surface area contributed by atoms with Gasteiger partial charge in [-0.2, -0.15) is 0 Å². The van der Waals surface area contributed by atoms with Gasteiger partial charge in [0.25, 0.3) is 5.91 Å². The highest BCUT2D eigenvalue weighted by Gasteiger charge is 2.14. The zero-order chi connectivity index (χ0) is 13.5. The molecule has 0 aliphatic heterocycles. The summed E-state index contributed by atoms with van der Waals surface area (Å²) in [6.45, 7) is 4.17. The van der Waals surface area contributed by atoms with Crippen molar-refractivity contribution in [2.24, 2.45) is 5.92 Å². The first-order chi connectivity index (χ1) is 8.58. The maximum atomic E-state index is 11.8. The number of hydrogen-bond donors (Lipinski definition) is 2. The second kappa shape index (κ2) is 6.96. The standard InChI is InChI=1S/C13H20N2O3/c1-4-9(2)12(16)8-15-13(17)11-7-10(18-3)5-6-14-11/h5-7,9,12,16H,4,8H2,1-3H3,(H,15,17). The van der Waals surface area contributed by atoms with Crippen LogP contribution < -0.4 is 10.1 Å². The van der Waals surface area contributed by atoms with E-state index in [2.05, 4.69) is 10.3 Å². The Kier molecular flexibility index (Phi) is 5.58. The molecule has 1 rings (SSSR count). The molecule has 1 heterocycles. The Morgan fingerprint density at radius 2 is 2.33 bits per heavy atom. The third-order valence-corrected chi connectivity index (χ3v) is 2.97. The first kappa shape index (κ1) is 14.4. The van der Waals surface area contributed by atoms with Crippen molar-refractivity contribution in [3.05, 3.63) is 24.0 Å². The van der Waals surface area contributed by atoms with Gasteiger partial charge >= 0.3 is 0 Å². The Labute approximate surface area is 107 Å². The summed E-state index contributed by atoms with van der Waals surface area (Å²) in [4.78, 5) is 15.7. The summed E-state index contributed by atoms with van der Waals surface area (Å²) in [5, 5.41) is 12.4. The number of nitrogens with one attached hydrogen (secondary N) is 1. The molecule has 2 atom stereocenters. The number of carbonyl (C=O) groups is 1. The second-order valence-electron chi connectivity index (χ2n) is 4.24. The van der Waals surface area contributed by atoms with Crippen LogP contribution in [-0.2, 0) is 0 Å². The van der Waals surface area contributed by atoms with E-state index in [1.165, 1.54) is 13.3 Å². The van der Waals surface area contributed by atoms with Gasteiger partial charge in [0.05, 0.1) is 13.2 Å². The van der Waals surface area contributed by atoms with E-state index < -0.39 is 6.10 Å². The summed E-state index contributed by atoms with van der Waals surface area (Å²) in [5.74, 6) is 0.428. The fraction of sp³-hybridized carbons (Fsp3) is 0.538. The van der Waals surface area contributed by atoms with Gasteiger partial charge in [-0.05, 0) is 12.0 Å². The van der Waals surface area contributed by atoms with Crippen LogP contribution in [0.1, 0.15) is 30.8 Å². The molecule has 5 heteroatoms. The number of rotatable bonds is 6. The molecule has 2 unspecified atom stereocenters. The highest BCUT2D eigenvalue weighted by atomic mass is 16.5. The topological polar surface area (TPSA) is 71.5 Å². The van der Waals surface area contributed by atoms with Crippen molar-refractivity contribution in [3.8, 4) is 5.75 Å². The van der Waals surface area contributed by atoms with E-state index in [9.17, 15) is 9.90 Å². The summed E-state index contributed by atoms with van der Waals surface area (Å²) in [5.41, 5.74) is 0.283. The van der Waals surface area contributed by atoms with Crippen LogP contribution in [0.25, 0.3) is 0 Å². The van der Waals surface area contributed by atoms with Gasteiger partial charge in [-0.1, -0.05) is 20.3 Å². The third-order valence-electron chi connectivity index (χ3n) is 2.97. The lowest BCUT2D eigenvalue weighted by atomic mass is 10.0. The highest BCUT2D eigenvalue weighted by molar-refractivity contribution is 5.92. The quantitative estimate of drug-likeness (QED) is 0.798. The number of aromatic nitrogens is 1. The van der Waals surface area contributed by atoms with E-state index in [-0.39, 0.29) is 24.1 Å². The summed E-state index contributed by atoms with van der Waals surface area (Å²) >= 11 is 0. The molecule has 1 amide bonds.